The van der Waals surface area contributed by atoms with Crippen molar-refractivity contribution in [1.29, 1.82) is 0 Å². The predicted octanol–water partition coefficient (Wildman–Crippen LogP) is 4.72. The molecule has 0 fully saturated rings. The summed E-state index contributed by atoms with van der Waals surface area (Å²) in [5, 5.41) is 0. The highest BCUT2D eigenvalue weighted by Gasteiger charge is 2.03. The van der Waals surface area contributed by atoms with E-state index >= 15 is 0 Å². The molecule has 0 aliphatic heterocycles. The van der Waals surface area contributed by atoms with E-state index in [9.17, 15) is 0 Å². The first-order valence-corrected chi connectivity index (χ1v) is 7.55. The van der Waals surface area contributed by atoms with Crippen LogP contribution in [0.15, 0.2) is 36.0 Å². The van der Waals surface area contributed by atoms with Crippen LogP contribution in [-0.2, 0) is 0 Å². The van der Waals surface area contributed by atoms with E-state index < -0.39 is 0 Å². The highest BCUT2D eigenvalue weighted by Crippen LogP contribution is 2.17. The van der Waals surface area contributed by atoms with Crippen LogP contribution in [0.5, 0.6) is 0 Å². The molecule has 1 aliphatic carbocycles. The van der Waals surface area contributed by atoms with Gasteiger partial charge in [-0.3, -0.25) is 4.90 Å². The molecule has 0 unspecified atom stereocenters. The molecule has 0 N–H and O–H groups in total. The molecule has 0 heterocycles. The topological polar surface area (TPSA) is 3.24 Å². The third kappa shape index (κ3) is 6.80. The van der Waals surface area contributed by atoms with Gasteiger partial charge >= 0.3 is 0 Å². The lowest BCUT2D eigenvalue weighted by Gasteiger charge is -2.20. The third-order valence-electron chi connectivity index (χ3n) is 3.46. The average molecular weight is 247 g/mol. The summed E-state index contributed by atoms with van der Waals surface area (Å²) in [5.74, 6) is 0. The Balaban J connectivity index is 2.13. The van der Waals surface area contributed by atoms with Gasteiger partial charge in [-0.1, -0.05) is 42.9 Å². The maximum Gasteiger partial charge on any atom is 0.0163 e. The van der Waals surface area contributed by atoms with Gasteiger partial charge in [-0.2, -0.15) is 0 Å². The van der Waals surface area contributed by atoms with Crippen LogP contribution in [0.3, 0.4) is 0 Å². The molecule has 0 bridgehead atoms. The summed E-state index contributed by atoms with van der Waals surface area (Å²) in [4.78, 5) is 2.56. The maximum absolute atomic E-state index is 2.56. The molecule has 0 atom stereocenters. The van der Waals surface area contributed by atoms with Crippen molar-refractivity contribution in [2.75, 3.05) is 19.6 Å². The largest absolute Gasteiger partial charge is 0.300 e. The van der Waals surface area contributed by atoms with Gasteiger partial charge in [0.05, 0.1) is 0 Å². The Bertz CT molecular complexity index is 286. The van der Waals surface area contributed by atoms with Crippen LogP contribution >= 0.6 is 0 Å². The van der Waals surface area contributed by atoms with Crippen molar-refractivity contribution in [2.45, 2.75) is 52.4 Å². The number of unbranched alkanes of at least 4 members (excludes halogenated alkanes) is 1. The van der Waals surface area contributed by atoms with E-state index in [-0.39, 0.29) is 0 Å². The van der Waals surface area contributed by atoms with Crippen molar-refractivity contribution >= 4 is 0 Å². The molecule has 1 rings (SSSR count). The summed E-state index contributed by atoms with van der Waals surface area (Å²) < 4.78 is 0. The Morgan fingerprint density at radius 3 is 2.83 bits per heavy atom. The molecule has 0 saturated carbocycles. The second-order valence-electron chi connectivity index (χ2n) is 5.12. The van der Waals surface area contributed by atoms with Crippen LogP contribution < -0.4 is 0 Å². The highest BCUT2D eigenvalue weighted by molar-refractivity contribution is 5.17. The Labute approximate surface area is 113 Å². The standard InChI is InChI=1S/C17H29N/c1-3-5-15-18(14-4-2)16-10-9-13-17-11-7-6-8-12-17/h3,5-7,11H,4,8-10,12-16H2,1-2H3/b5-3+. The number of allylic oxidation sites excluding steroid dienone is 5. The quantitative estimate of drug-likeness (QED) is 0.421. The van der Waals surface area contributed by atoms with Crippen molar-refractivity contribution in [3.8, 4) is 0 Å². The van der Waals surface area contributed by atoms with Crippen molar-refractivity contribution in [3.05, 3.63) is 36.0 Å². The van der Waals surface area contributed by atoms with E-state index in [4.69, 9.17) is 0 Å². The molecule has 18 heavy (non-hydrogen) atoms. The molecule has 0 saturated heterocycles. The SMILES string of the molecule is C/C=C/CN(CCC)CCCCC1=CC=CCC1. The summed E-state index contributed by atoms with van der Waals surface area (Å²) in [6.45, 7) is 7.97. The van der Waals surface area contributed by atoms with Gasteiger partial charge in [0.15, 0.2) is 0 Å². The van der Waals surface area contributed by atoms with Crippen molar-refractivity contribution in [1.82, 2.24) is 4.90 Å². The maximum atomic E-state index is 2.56. The predicted molar refractivity (Wildman–Crippen MR) is 81.9 cm³/mol. The molecular weight excluding hydrogens is 218 g/mol. The summed E-state index contributed by atoms with van der Waals surface area (Å²) >= 11 is 0. The van der Waals surface area contributed by atoms with Crippen LogP contribution in [-0.4, -0.2) is 24.5 Å². The molecule has 0 spiro atoms. The minimum absolute atomic E-state index is 1.12. The first kappa shape index (κ1) is 15.2. The normalized spacial score (nSPS) is 15.6. The van der Waals surface area contributed by atoms with Gasteiger partial charge in [-0.05, 0) is 58.5 Å². The van der Waals surface area contributed by atoms with Gasteiger partial charge in [-0.15, -0.1) is 0 Å². The summed E-state index contributed by atoms with van der Waals surface area (Å²) in [7, 11) is 0. The number of rotatable bonds is 9. The average Bonchev–Trinajstić information content (AvgIpc) is 2.42. The highest BCUT2D eigenvalue weighted by atomic mass is 15.1. The Hall–Kier alpha value is -0.820. The van der Waals surface area contributed by atoms with E-state index in [1.54, 1.807) is 5.57 Å². The first-order chi connectivity index (χ1) is 8.86. The monoisotopic (exact) mass is 247 g/mol. The van der Waals surface area contributed by atoms with Crippen molar-refractivity contribution in [2.24, 2.45) is 0 Å². The van der Waals surface area contributed by atoms with Gasteiger partial charge < -0.3 is 0 Å². The molecule has 1 nitrogen and oxygen atoms in total. The zero-order chi connectivity index (χ0) is 13.1. The summed E-state index contributed by atoms with van der Waals surface area (Å²) in [6, 6.07) is 0. The Kier molecular flexibility index (Phi) is 8.58. The van der Waals surface area contributed by atoms with Crippen LogP contribution in [0.1, 0.15) is 52.4 Å². The minimum Gasteiger partial charge on any atom is -0.300 e. The van der Waals surface area contributed by atoms with E-state index in [2.05, 4.69) is 49.1 Å². The molecule has 0 aromatic heterocycles. The number of hydrogen-bond acceptors (Lipinski definition) is 1. The van der Waals surface area contributed by atoms with Crippen LogP contribution in [0.4, 0.5) is 0 Å². The number of hydrogen-bond donors (Lipinski definition) is 0. The second kappa shape index (κ2) is 10.1. The summed E-state index contributed by atoms with van der Waals surface area (Å²) in [6.07, 6.45) is 19.0. The van der Waals surface area contributed by atoms with Gasteiger partial charge in [-0.25, -0.2) is 0 Å². The molecule has 1 heteroatoms. The van der Waals surface area contributed by atoms with E-state index in [0.717, 1.165) is 6.54 Å². The minimum atomic E-state index is 1.12. The number of nitrogens with zero attached hydrogens (tertiary/aromatic N) is 1. The molecule has 0 amide bonds. The fraction of sp³-hybridized carbons (Fsp3) is 0.647. The zero-order valence-corrected chi connectivity index (χ0v) is 12.2. The fourth-order valence-corrected chi connectivity index (χ4v) is 2.41. The van der Waals surface area contributed by atoms with Crippen LogP contribution in [0.2, 0.25) is 0 Å². The first-order valence-electron chi connectivity index (χ1n) is 7.55. The van der Waals surface area contributed by atoms with E-state index in [0.29, 0.717) is 0 Å². The second-order valence-corrected chi connectivity index (χ2v) is 5.12. The smallest absolute Gasteiger partial charge is 0.0163 e. The Morgan fingerprint density at radius 1 is 1.28 bits per heavy atom. The van der Waals surface area contributed by atoms with Gasteiger partial charge in [0.2, 0.25) is 0 Å². The van der Waals surface area contributed by atoms with Crippen molar-refractivity contribution in [3.63, 3.8) is 0 Å². The van der Waals surface area contributed by atoms with Crippen LogP contribution in [0.25, 0.3) is 0 Å². The van der Waals surface area contributed by atoms with Gasteiger partial charge in [0, 0.05) is 6.54 Å². The Morgan fingerprint density at radius 2 is 2.17 bits per heavy atom. The van der Waals surface area contributed by atoms with Gasteiger partial charge in [0.25, 0.3) is 0 Å². The van der Waals surface area contributed by atoms with Gasteiger partial charge in [0.1, 0.15) is 0 Å². The lowest BCUT2D eigenvalue weighted by atomic mass is 9.99. The molecular formula is C17H29N. The lowest BCUT2D eigenvalue weighted by Crippen LogP contribution is -2.25. The molecule has 1 aliphatic rings. The summed E-state index contributed by atoms with van der Waals surface area (Å²) in [5.41, 5.74) is 1.65. The van der Waals surface area contributed by atoms with Crippen LogP contribution in [0, 0.1) is 0 Å². The fourth-order valence-electron chi connectivity index (χ4n) is 2.41. The third-order valence-corrected chi connectivity index (χ3v) is 3.46. The van der Waals surface area contributed by atoms with Crippen molar-refractivity contribution < 1.29 is 0 Å². The molecule has 102 valence electrons. The molecule has 0 aromatic carbocycles. The zero-order valence-electron chi connectivity index (χ0n) is 12.2. The molecule has 0 aromatic rings. The molecule has 0 radical (unpaired) electrons. The van der Waals surface area contributed by atoms with E-state index in [1.807, 2.05) is 0 Å². The van der Waals surface area contributed by atoms with E-state index in [1.165, 1.54) is 51.6 Å². The lowest BCUT2D eigenvalue weighted by molar-refractivity contribution is 0.296.